The van der Waals surface area contributed by atoms with Gasteiger partial charge < -0.3 is 10.2 Å². The molecular weight excluding hydrogens is 362 g/mol. The van der Waals surface area contributed by atoms with E-state index >= 15 is 0 Å². The van der Waals surface area contributed by atoms with Crippen LogP contribution in [0, 0.1) is 0 Å². The summed E-state index contributed by atoms with van der Waals surface area (Å²) in [6.45, 7) is 3.14. The summed E-state index contributed by atoms with van der Waals surface area (Å²) in [5, 5.41) is 8.21. The first-order valence-corrected chi connectivity index (χ1v) is 9.95. The van der Waals surface area contributed by atoms with Crippen LogP contribution in [-0.2, 0) is 13.0 Å². The Hall–Kier alpha value is -2.74. The van der Waals surface area contributed by atoms with Crippen molar-refractivity contribution in [3.8, 4) is 0 Å². The molecule has 140 valence electrons. The van der Waals surface area contributed by atoms with Crippen LogP contribution in [0.15, 0.2) is 41.2 Å². The topological polar surface area (TPSA) is 79.6 Å². The lowest BCUT2D eigenvalue weighted by atomic mass is 10.2. The Morgan fingerprint density at radius 2 is 2.15 bits per heavy atom. The molecule has 1 fully saturated rings. The van der Waals surface area contributed by atoms with Crippen molar-refractivity contribution in [1.29, 1.82) is 0 Å². The highest BCUT2D eigenvalue weighted by Gasteiger charge is 2.32. The number of amides is 2. The largest absolute Gasteiger partial charge is 0.334 e. The molecule has 0 spiro atoms. The summed E-state index contributed by atoms with van der Waals surface area (Å²) in [7, 11) is 0. The second-order valence-corrected chi connectivity index (χ2v) is 7.56. The Bertz CT molecular complexity index is 1010. The smallest absolute Gasteiger partial charge is 0.318 e. The van der Waals surface area contributed by atoms with E-state index < -0.39 is 0 Å². The molecule has 0 unspecified atom stereocenters. The van der Waals surface area contributed by atoms with Gasteiger partial charge in [-0.05, 0) is 24.8 Å². The van der Waals surface area contributed by atoms with Gasteiger partial charge in [0.1, 0.15) is 5.01 Å². The molecule has 0 bridgehead atoms. The Labute approximate surface area is 160 Å². The molecule has 1 aliphatic heterocycles. The summed E-state index contributed by atoms with van der Waals surface area (Å²) in [6.07, 6.45) is 2.46. The van der Waals surface area contributed by atoms with Gasteiger partial charge in [0.05, 0.1) is 6.04 Å². The van der Waals surface area contributed by atoms with Crippen LogP contribution in [0.25, 0.3) is 4.96 Å². The molecule has 8 heteroatoms. The van der Waals surface area contributed by atoms with E-state index in [1.165, 1.54) is 21.9 Å². The molecular formula is C19H21N5O2S. The van der Waals surface area contributed by atoms with Crippen molar-refractivity contribution in [2.75, 3.05) is 6.54 Å². The number of hydrogen-bond acceptors (Lipinski definition) is 5. The quantitative estimate of drug-likeness (QED) is 0.751. The molecule has 7 nitrogen and oxygen atoms in total. The number of carbonyl (C=O) groups is 1. The van der Waals surface area contributed by atoms with Gasteiger partial charge in [-0.15, -0.1) is 0 Å². The van der Waals surface area contributed by atoms with Gasteiger partial charge in [-0.25, -0.2) is 9.78 Å². The third-order valence-electron chi connectivity index (χ3n) is 4.76. The van der Waals surface area contributed by atoms with Crippen LogP contribution in [0.2, 0.25) is 0 Å². The van der Waals surface area contributed by atoms with Gasteiger partial charge in [0.2, 0.25) is 4.96 Å². The molecule has 1 atom stereocenters. The number of rotatable bonds is 4. The molecule has 1 aliphatic rings. The molecule has 27 heavy (non-hydrogen) atoms. The number of aryl methyl sites for hydroxylation is 1. The number of aromatic nitrogens is 3. The summed E-state index contributed by atoms with van der Waals surface area (Å²) < 4.78 is 1.34. The number of carbonyl (C=O) groups excluding carboxylic acids is 1. The van der Waals surface area contributed by atoms with E-state index in [4.69, 9.17) is 0 Å². The predicted molar refractivity (Wildman–Crippen MR) is 104 cm³/mol. The van der Waals surface area contributed by atoms with Gasteiger partial charge in [-0.3, -0.25) is 4.79 Å². The summed E-state index contributed by atoms with van der Waals surface area (Å²) in [4.78, 5) is 31.8. The minimum absolute atomic E-state index is 0.102. The number of benzene rings is 1. The molecule has 1 saturated heterocycles. The molecule has 1 N–H and O–H groups in total. The van der Waals surface area contributed by atoms with Crippen molar-refractivity contribution in [2.24, 2.45) is 0 Å². The second-order valence-electron chi connectivity index (χ2n) is 6.57. The van der Waals surface area contributed by atoms with Crippen molar-refractivity contribution >= 4 is 22.3 Å². The van der Waals surface area contributed by atoms with Crippen LogP contribution in [-0.4, -0.2) is 32.1 Å². The first-order valence-electron chi connectivity index (χ1n) is 9.14. The lowest BCUT2D eigenvalue weighted by Crippen LogP contribution is -2.39. The van der Waals surface area contributed by atoms with E-state index in [0.29, 0.717) is 24.5 Å². The van der Waals surface area contributed by atoms with Gasteiger partial charge >= 0.3 is 6.03 Å². The average Bonchev–Trinajstić information content (AvgIpc) is 3.33. The maximum atomic E-state index is 12.7. The lowest BCUT2D eigenvalue weighted by Gasteiger charge is -2.23. The number of fused-ring (bicyclic) bond motifs is 1. The average molecular weight is 383 g/mol. The van der Waals surface area contributed by atoms with Crippen LogP contribution < -0.4 is 10.9 Å². The monoisotopic (exact) mass is 383 g/mol. The first-order chi connectivity index (χ1) is 13.2. The molecule has 0 radical (unpaired) electrons. The minimum atomic E-state index is -0.169. The van der Waals surface area contributed by atoms with E-state index in [-0.39, 0.29) is 17.6 Å². The molecule has 1 aromatic carbocycles. The first kappa shape index (κ1) is 17.7. The molecule has 0 aliphatic carbocycles. The highest BCUT2D eigenvalue weighted by atomic mass is 32.1. The van der Waals surface area contributed by atoms with Crippen molar-refractivity contribution in [2.45, 2.75) is 38.8 Å². The Kier molecular flexibility index (Phi) is 4.89. The zero-order valence-corrected chi connectivity index (χ0v) is 15.9. The summed E-state index contributed by atoms with van der Waals surface area (Å²) in [5.74, 6) is 0. The van der Waals surface area contributed by atoms with Crippen LogP contribution in [0.4, 0.5) is 4.79 Å². The zero-order valence-electron chi connectivity index (χ0n) is 15.1. The molecule has 2 amide bonds. The Morgan fingerprint density at radius 1 is 1.33 bits per heavy atom. The third-order valence-corrected chi connectivity index (χ3v) is 5.77. The van der Waals surface area contributed by atoms with Crippen molar-refractivity contribution < 1.29 is 4.79 Å². The van der Waals surface area contributed by atoms with Crippen LogP contribution in [0.1, 0.15) is 42.1 Å². The van der Waals surface area contributed by atoms with Crippen LogP contribution >= 0.6 is 11.3 Å². The Balaban J connectivity index is 1.54. The molecule has 2 aromatic heterocycles. The van der Waals surface area contributed by atoms with Gasteiger partial charge in [0.15, 0.2) is 0 Å². The normalized spacial score (nSPS) is 16.8. The van der Waals surface area contributed by atoms with Gasteiger partial charge in [0.25, 0.3) is 5.56 Å². The number of urea groups is 1. The molecule has 4 rings (SSSR count). The Morgan fingerprint density at radius 3 is 2.93 bits per heavy atom. The number of likely N-dealkylation sites (tertiary alicyclic amines) is 1. The SMILES string of the molecule is CCc1cc(=O)n2nc([C@H]3CCCN3C(=O)NCc3ccccc3)sc2n1. The van der Waals surface area contributed by atoms with Gasteiger partial charge in [-0.1, -0.05) is 48.6 Å². The lowest BCUT2D eigenvalue weighted by molar-refractivity contribution is 0.192. The second kappa shape index (κ2) is 7.48. The third kappa shape index (κ3) is 3.57. The zero-order chi connectivity index (χ0) is 18.8. The fourth-order valence-corrected chi connectivity index (χ4v) is 4.40. The highest BCUT2D eigenvalue weighted by molar-refractivity contribution is 7.16. The van der Waals surface area contributed by atoms with E-state index in [9.17, 15) is 9.59 Å². The molecule has 3 heterocycles. The fourth-order valence-electron chi connectivity index (χ4n) is 3.33. The highest BCUT2D eigenvalue weighted by Crippen LogP contribution is 2.33. The maximum absolute atomic E-state index is 12.7. The van der Waals surface area contributed by atoms with Crippen molar-refractivity contribution in [1.82, 2.24) is 24.8 Å². The molecule has 3 aromatic rings. The minimum Gasteiger partial charge on any atom is -0.334 e. The predicted octanol–water partition coefficient (Wildman–Crippen LogP) is 2.76. The standard InChI is InChI=1S/C19H21N5O2S/c1-2-14-11-16(25)24-19(21-14)27-17(22-24)15-9-6-10-23(15)18(26)20-12-13-7-4-3-5-8-13/h3-5,7-8,11,15H,2,6,9-10,12H2,1H3,(H,20,26)/t15-/m1/s1. The summed E-state index contributed by atoms with van der Waals surface area (Å²) in [5.41, 5.74) is 1.65. The summed E-state index contributed by atoms with van der Waals surface area (Å²) in [6, 6.07) is 11.1. The van der Waals surface area contributed by atoms with E-state index in [1.807, 2.05) is 42.2 Å². The fraction of sp³-hybridized carbons (Fsp3) is 0.368. The van der Waals surface area contributed by atoms with E-state index in [1.54, 1.807) is 0 Å². The number of nitrogens with zero attached hydrogens (tertiary/aromatic N) is 4. The van der Waals surface area contributed by atoms with Gasteiger partial charge in [-0.2, -0.15) is 9.61 Å². The van der Waals surface area contributed by atoms with E-state index in [0.717, 1.165) is 29.1 Å². The number of hydrogen-bond donors (Lipinski definition) is 1. The van der Waals surface area contributed by atoms with Crippen molar-refractivity contribution in [3.05, 3.63) is 63.0 Å². The summed E-state index contributed by atoms with van der Waals surface area (Å²) >= 11 is 1.39. The van der Waals surface area contributed by atoms with E-state index in [2.05, 4.69) is 15.4 Å². The number of nitrogens with one attached hydrogen (secondary N) is 1. The van der Waals surface area contributed by atoms with Crippen molar-refractivity contribution in [3.63, 3.8) is 0 Å². The van der Waals surface area contributed by atoms with Crippen LogP contribution in [0.3, 0.4) is 0 Å². The van der Waals surface area contributed by atoms with Crippen LogP contribution in [0.5, 0.6) is 0 Å². The molecule has 0 saturated carbocycles. The maximum Gasteiger partial charge on any atom is 0.318 e. The van der Waals surface area contributed by atoms with Gasteiger partial charge in [0, 0.05) is 24.8 Å².